The third kappa shape index (κ3) is 7.21. The Kier molecular flexibility index (Phi) is 8.49. The van der Waals surface area contributed by atoms with Crippen LogP contribution in [0.2, 0.25) is 0 Å². The Labute approximate surface area is 99.0 Å². The van der Waals surface area contributed by atoms with Gasteiger partial charge >= 0.3 is 0 Å². The van der Waals surface area contributed by atoms with Crippen LogP contribution in [0.25, 0.3) is 0 Å². The maximum absolute atomic E-state index is 8.92. The average molecular weight is 224 g/mol. The highest BCUT2D eigenvalue weighted by Crippen LogP contribution is 2.09. The zero-order chi connectivity index (χ0) is 12.4. The maximum atomic E-state index is 8.92. The molecule has 0 bridgehead atoms. The fraction of sp³-hybridized carbons (Fsp3) is 0.692. The Balaban J connectivity index is 0.000000293. The molecule has 0 spiro atoms. The van der Waals surface area contributed by atoms with Gasteiger partial charge in [0.2, 0.25) is 0 Å². The molecule has 0 aromatic carbocycles. The monoisotopic (exact) mass is 224 g/mol. The van der Waals surface area contributed by atoms with Crippen LogP contribution in [0.3, 0.4) is 0 Å². The maximum Gasteiger partial charge on any atom is 0.155 e. The average Bonchev–Trinajstić information content (AvgIpc) is 2.26. The number of hydrogen-bond donors (Lipinski definition) is 1. The minimum Gasteiger partial charge on any atom is -0.504 e. The van der Waals surface area contributed by atoms with Crippen LogP contribution < -0.4 is 0 Å². The van der Waals surface area contributed by atoms with E-state index in [1.807, 2.05) is 0 Å². The van der Waals surface area contributed by atoms with Crippen molar-refractivity contribution in [1.82, 2.24) is 9.97 Å². The van der Waals surface area contributed by atoms with Crippen molar-refractivity contribution in [2.75, 3.05) is 0 Å². The first-order valence-corrected chi connectivity index (χ1v) is 6.11. The Morgan fingerprint density at radius 3 is 2.00 bits per heavy atom. The largest absolute Gasteiger partial charge is 0.504 e. The summed E-state index contributed by atoms with van der Waals surface area (Å²) in [6.45, 7) is 8.02. The summed E-state index contributed by atoms with van der Waals surface area (Å²) in [5.41, 5.74) is 0.627. The van der Waals surface area contributed by atoms with E-state index in [0.29, 0.717) is 11.5 Å². The van der Waals surface area contributed by atoms with Crippen LogP contribution in [0, 0.1) is 13.8 Å². The molecule has 0 aliphatic heterocycles. The van der Waals surface area contributed by atoms with Gasteiger partial charge in [0.15, 0.2) is 5.75 Å². The Morgan fingerprint density at radius 1 is 1.06 bits per heavy atom. The molecule has 16 heavy (non-hydrogen) atoms. The van der Waals surface area contributed by atoms with Crippen LogP contribution in [-0.4, -0.2) is 15.1 Å². The van der Waals surface area contributed by atoms with Crippen LogP contribution in [-0.2, 0) is 0 Å². The summed E-state index contributed by atoms with van der Waals surface area (Å²) in [5.74, 6) is 0.839. The van der Waals surface area contributed by atoms with Crippen molar-refractivity contribution in [3.05, 3.63) is 17.7 Å². The molecular formula is C13H24N2O. The molecule has 0 saturated carbocycles. The molecule has 3 nitrogen and oxygen atoms in total. The van der Waals surface area contributed by atoms with E-state index in [1.54, 1.807) is 13.8 Å². The summed E-state index contributed by atoms with van der Waals surface area (Å²) in [4.78, 5) is 7.69. The summed E-state index contributed by atoms with van der Waals surface area (Å²) < 4.78 is 0. The summed E-state index contributed by atoms with van der Waals surface area (Å²) in [6, 6.07) is 0. The summed E-state index contributed by atoms with van der Waals surface area (Å²) in [6.07, 6.45) is 8.41. The van der Waals surface area contributed by atoms with Crippen molar-refractivity contribution in [1.29, 1.82) is 0 Å². The molecule has 0 saturated heterocycles. The van der Waals surface area contributed by atoms with E-state index >= 15 is 0 Å². The van der Waals surface area contributed by atoms with Gasteiger partial charge in [0.05, 0.1) is 11.9 Å². The number of nitrogens with zero attached hydrogens (tertiary/aromatic N) is 2. The number of unbranched alkanes of at least 4 members (excludes halogenated alkanes) is 4. The number of aromatic nitrogens is 2. The molecule has 0 atom stereocenters. The summed E-state index contributed by atoms with van der Waals surface area (Å²) >= 11 is 0. The van der Waals surface area contributed by atoms with Gasteiger partial charge in [-0.05, 0) is 13.8 Å². The second-order valence-corrected chi connectivity index (χ2v) is 3.95. The first kappa shape index (κ1) is 14.9. The molecule has 92 valence electrons. The van der Waals surface area contributed by atoms with Crippen molar-refractivity contribution < 1.29 is 5.11 Å². The van der Waals surface area contributed by atoms with Gasteiger partial charge in [0, 0.05) is 0 Å². The van der Waals surface area contributed by atoms with Crippen LogP contribution in [0.15, 0.2) is 6.20 Å². The van der Waals surface area contributed by atoms with E-state index in [-0.39, 0.29) is 5.75 Å². The first-order chi connectivity index (χ1) is 7.61. The van der Waals surface area contributed by atoms with E-state index in [2.05, 4.69) is 23.8 Å². The van der Waals surface area contributed by atoms with Crippen molar-refractivity contribution in [2.45, 2.75) is 59.8 Å². The molecule has 0 aliphatic rings. The number of rotatable bonds is 4. The summed E-state index contributed by atoms with van der Waals surface area (Å²) in [7, 11) is 0. The van der Waals surface area contributed by atoms with Gasteiger partial charge in [-0.15, -0.1) is 0 Å². The van der Waals surface area contributed by atoms with Gasteiger partial charge in [-0.1, -0.05) is 46.0 Å². The molecule has 3 heteroatoms. The standard InChI is InChI=1S/C7H16.C6H8N2O/c1-3-5-7-6-4-2;1-4-6(9)3-7-5(2)8-4/h3-7H2,1-2H3;3,9H,1-2H3. The van der Waals surface area contributed by atoms with Gasteiger partial charge in [-0.25, -0.2) is 9.97 Å². The Hall–Kier alpha value is -1.12. The second-order valence-electron chi connectivity index (χ2n) is 3.95. The third-order valence-corrected chi connectivity index (χ3v) is 2.28. The van der Waals surface area contributed by atoms with Crippen LogP contribution >= 0.6 is 0 Å². The second kappa shape index (κ2) is 9.13. The highest BCUT2D eigenvalue weighted by molar-refractivity contribution is 5.20. The van der Waals surface area contributed by atoms with Gasteiger partial charge in [0.25, 0.3) is 0 Å². The quantitative estimate of drug-likeness (QED) is 0.792. The lowest BCUT2D eigenvalue weighted by Gasteiger charge is -1.95. The predicted molar refractivity (Wildman–Crippen MR) is 67.6 cm³/mol. The van der Waals surface area contributed by atoms with Crippen LogP contribution in [0.4, 0.5) is 0 Å². The van der Waals surface area contributed by atoms with E-state index in [0.717, 1.165) is 0 Å². The molecule has 0 aliphatic carbocycles. The number of aromatic hydroxyl groups is 1. The zero-order valence-electron chi connectivity index (χ0n) is 11.0. The molecule has 0 amide bonds. The van der Waals surface area contributed by atoms with E-state index in [9.17, 15) is 0 Å². The molecule has 0 radical (unpaired) electrons. The smallest absolute Gasteiger partial charge is 0.155 e. The van der Waals surface area contributed by atoms with Gasteiger partial charge in [0.1, 0.15) is 5.82 Å². The highest BCUT2D eigenvalue weighted by atomic mass is 16.3. The van der Waals surface area contributed by atoms with Crippen molar-refractivity contribution in [3.63, 3.8) is 0 Å². The van der Waals surface area contributed by atoms with Gasteiger partial charge in [-0.3, -0.25) is 0 Å². The van der Waals surface area contributed by atoms with Crippen LogP contribution in [0.5, 0.6) is 5.75 Å². The molecular weight excluding hydrogens is 200 g/mol. The lowest BCUT2D eigenvalue weighted by atomic mass is 10.2. The fourth-order valence-corrected chi connectivity index (χ4v) is 1.25. The van der Waals surface area contributed by atoms with Gasteiger partial charge in [-0.2, -0.15) is 0 Å². The summed E-state index contributed by atoms with van der Waals surface area (Å²) in [5, 5.41) is 8.92. The molecule has 1 heterocycles. The topological polar surface area (TPSA) is 46.0 Å². The van der Waals surface area contributed by atoms with Gasteiger partial charge < -0.3 is 5.11 Å². The fourth-order valence-electron chi connectivity index (χ4n) is 1.25. The van der Waals surface area contributed by atoms with Crippen molar-refractivity contribution in [2.24, 2.45) is 0 Å². The van der Waals surface area contributed by atoms with E-state index in [1.165, 1.54) is 38.3 Å². The Morgan fingerprint density at radius 2 is 1.62 bits per heavy atom. The van der Waals surface area contributed by atoms with E-state index < -0.39 is 0 Å². The molecule has 1 aromatic heterocycles. The van der Waals surface area contributed by atoms with Crippen molar-refractivity contribution in [3.8, 4) is 5.75 Å². The molecule has 1 rings (SSSR count). The van der Waals surface area contributed by atoms with Crippen LogP contribution in [0.1, 0.15) is 57.5 Å². The zero-order valence-corrected chi connectivity index (χ0v) is 11.0. The lowest BCUT2D eigenvalue weighted by molar-refractivity contribution is 0.463. The van der Waals surface area contributed by atoms with Crippen molar-refractivity contribution >= 4 is 0 Å². The first-order valence-electron chi connectivity index (χ1n) is 6.11. The predicted octanol–water partition coefficient (Wildman–Crippen LogP) is 3.78. The lowest BCUT2D eigenvalue weighted by Crippen LogP contribution is -1.88. The highest BCUT2D eigenvalue weighted by Gasteiger charge is 1.94. The number of aryl methyl sites for hydroxylation is 2. The minimum atomic E-state index is 0.153. The molecule has 1 aromatic rings. The molecule has 0 unspecified atom stereocenters. The molecule has 0 fully saturated rings. The normalized spacial score (nSPS) is 9.50. The Bertz CT molecular complexity index is 283. The SMILES string of the molecule is CCCCCCC.Cc1ncc(O)c(C)n1. The van der Waals surface area contributed by atoms with E-state index in [4.69, 9.17) is 5.11 Å². The minimum absolute atomic E-state index is 0.153. The molecule has 1 N–H and O–H groups in total. The third-order valence-electron chi connectivity index (χ3n) is 2.28. The number of hydrogen-bond acceptors (Lipinski definition) is 3.